The predicted octanol–water partition coefficient (Wildman–Crippen LogP) is 7.94. The number of aryl methyl sites for hydroxylation is 2. The standard InChI is InChI=1S/C32H24F7NO3/c1-18-14-24(30(43,32(37,38)39)22-8-10-23(11-9-22)31(34,35)36)15-19(2)27(18)17-28(41)21-4-3-5-26(16-21)40-29(42)20-6-12-25(33)13-7-20/h3-16,43H,17H2,1-2H3,(H,40,42). The van der Waals surface area contributed by atoms with Gasteiger partial charge in [0.2, 0.25) is 5.60 Å². The lowest BCUT2D eigenvalue weighted by Gasteiger charge is -2.32. The van der Waals surface area contributed by atoms with Gasteiger partial charge in [0, 0.05) is 23.2 Å². The van der Waals surface area contributed by atoms with Crippen LogP contribution >= 0.6 is 0 Å². The molecule has 4 nitrogen and oxygen atoms in total. The molecule has 11 heteroatoms. The number of Topliss-reactive ketones (excluding diaryl/α,β-unsaturated/α-hetero) is 1. The summed E-state index contributed by atoms with van der Waals surface area (Å²) in [5.74, 6) is -1.45. The van der Waals surface area contributed by atoms with Gasteiger partial charge < -0.3 is 10.4 Å². The monoisotopic (exact) mass is 603 g/mol. The topological polar surface area (TPSA) is 66.4 Å². The highest BCUT2D eigenvalue weighted by molar-refractivity contribution is 6.05. The number of benzene rings is 4. The molecule has 0 aliphatic carbocycles. The molecule has 2 N–H and O–H groups in total. The summed E-state index contributed by atoms with van der Waals surface area (Å²) in [4.78, 5) is 25.6. The number of hydrogen-bond acceptors (Lipinski definition) is 3. The van der Waals surface area contributed by atoms with Crippen LogP contribution in [-0.2, 0) is 18.2 Å². The van der Waals surface area contributed by atoms with Crippen molar-refractivity contribution >= 4 is 17.4 Å². The van der Waals surface area contributed by atoms with Crippen LogP contribution < -0.4 is 5.32 Å². The molecule has 4 rings (SSSR count). The summed E-state index contributed by atoms with van der Waals surface area (Å²) in [5.41, 5.74) is -4.62. The van der Waals surface area contributed by atoms with Gasteiger partial charge in [-0.1, -0.05) is 36.4 Å². The predicted molar refractivity (Wildman–Crippen MR) is 145 cm³/mol. The number of nitrogens with one attached hydrogen (secondary N) is 1. The summed E-state index contributed by atoms with van der Waals surface area (Å²) in [6.45, 7) is 2.92. The van der Waals surface area contributed by atoms with Gasteiger partial charge in [0.15, 0.2) is 5.78 Å². The molecule has 4 aromatic carbocycles. The van der Waals surface area contributed by atoms with E-state index in [2.05, 4.69) is 5.32 Å². The fourth-order valence-electron chi connectivity index (χ4n) is 4.71. The van der Waals surface area contributed by atoms with Gasteiger partial charge in [0.25, 0.3) is 5.91 Å². The number of rotatable bonds is 7. The van der Waals surface area contributed by atoms with Gasteiger partial charge in [-0.25, -0.2) is 4.39 Å². The Balaban J connectivity index is 1.60. The first-order valence-electron chi connectivity index (χ1n) is 12.8. The zero-order chi connectivity index (χ0) is 31.7. The van der Waals surface area contributed by atoms with Crippen LogP contribution in [0.2, 0.25) is 0 Å². The molecule has 0 aromatic heterocycles. The van der Waals surface area contributed by atoms with Crippen LogP contribution in [0.25, 0.3) is 0 Å². The van der Waals surface area contributed by atoms with Crippen LogP contribution in [0, 0.1) is 19.7 Å². The molecule has 0 radical (unpaired) electrons. The van der Waals surface area contributed by atoms with E-state index in [-0.39, 0.29) is 34.4 Å². The first kappa shape index (κ1) is 31.4. The van der Waals surface area contributed by atoms with Gasteiger partial charge in [-0.3, -0.25) is 9.59 Å². The van der Waals surface area contributed by atoms with E-state index in [4.69, 9.17) is 0 Å². The van der Waals surface area contributed by atoms with Crippen LogP contribution in [0.15, 0.2) is 84.9 Å². The van der Waals surface area contributed by atoms with Gasteiger partial charge >= 0.3 is 12.4 Å². The molecule has 1 unspecified atom stereocenters. The number of ketones is 1. The molecule has 1 amide bonds. The lowest BCUT2D eigenvalue weighted by atomic mass is 9.82. The number of anilines is 1. The van der Waals surface area contributed by atoms with Crippen LogP contribution in [-0.4, -0.2) is 23.0 Å². The largest absolute Gasteiger partial charge is 0.425 e. The van der Waals surface area contributed by atoms with Gasteiger partial charge in [-0.05, 0) is 90.2 Å². The van der Waals surface area contributed by atoms with E-state index in [9.17, 15) is 45.4 Å². The molecule has 0 fully saturated rings. The third-order valence-corrected chi connectivity index (χ3v) is 7.04. The van der Waals surface area contributed by atoms with Crippen molar-refractivity contribution in [2.45, 2.75) is 38.2 Å². The maximum atomic E-state index is 14.3. The first-order valence-corrected chi connectivity index (χ1v) is 12.8. The van der Waals surface area contributed by atoms with Crippen molar-refractivity contribution < 1.29 is 45.4 Å². The maximum absolute atomic E-state index is 14.3. The van der Waals surface area contributed by atoms with E-state index in [0.29, 0.717) is 29.8 Å². The number of amides is 1. The molecule has 0 bridgehead atoms. The number of aliphatic hydroxyl groups is 1. The zero-order valence-electron chi connectivity index (χ0n) is 22.7. The van der Waals surface area contributed by atoms with Crippen LogP contribution in [0.1, 0.15) is 54.1 Å². The maximum Gasteiger partial charge on any atom is 0.425 e. The van der Waals surface area contributed by atoms with Crippen molar-refractivity contribution in [1.29, 1.82) is 0 Å². The van der Waals surface area contributed by atoms with Crippen LogP contribution in [0.5, 0.6) is 0 Å². The fourth-order valence-corrected chi connectivity index (χ4v) is 4.71. The lowest BCUT2D eigenvalue weighted by molar-refractivity contribution is -0.248. The number of halogens is 7. The molecule has 0 heterocycles. The van der Waals surface area contributed by atoms with Gasteiger partial charge in [0.05, 0.1) is 5.56 Å². The second-order valence-corrected chi connectivity index (χ2v) is 10.0. The van der Waals surface area contributed by atoms with Gasteiger partial charge in [0.1, 0.15) is 5.82 Å². The van der Waals surface area contributed by atoms with Gasteiger partial charge in [-0.2, -0.15) is 26.3 Å². The normalized spacial score (nSPS) is 13.3. The van der Waals surface area contributed by atoms with E-state index in [0.717, 1.165) is 24.3 Å². The second-order valence-electron chi connectivity index (χ2n) is 10.0. The minimum Gasteiger partial charge on any atom is -0.372 e. The van der Waals surface area contributed by atoms with Crippen molar-refractivity contribution in [2.24, 2.45) is 0 Å². The molecule has 4 aromatic rings. The molecule has 0 saturated carbocycles. The Bertz CT molecular complexity index is 1640. The third-order valence-electron chi connectivity index (χ3n) is 7.04. The Morgan fingerprint density at radius 1 is 0.721 bits per heavy atom. The van der Waals surface area contributed by atoms with E-state index >= 15 is 0 Å². The SMILES string of the molecule is Cc1cc(C(O)(c2ccc(C(F)(F)F)cc2)C(F)(F)F)cc(C)c1CC(=O)c1cccc(NC(=O)c2ccc(F)cc2)c1. The van der Waals surface area contributed by atoms with Crippen molar-refractivity contribution in [3.8, 4) is 0 Å². The van der Waals surface area contributed by atoms with Gasteiger partial charge in [-0.15, -0.1) is 0 Å². The highest BCUT2D eigenvalue weighted by Gasteiger charge is 2.56. The summed E-state index contributed by atoms with van der Waals surface area (Å²) >= 11 is 0. The number of carbonyl (C=O) groups is 2. The Kier molecular flexibility index (Phi) is 8.51. The quantitative estimate of drug-likeness (QED) is 0.167. The van der Waals surface area contributed by atoms with Crippen molar-refractivity contribution in [3.63, 3.8) is 0 Å². The molecular weight excluding hydrogens is 579 g/mol. The summed E-state index contributed by atoms with van der Waals surface area (Å²) in [6.07, 6.45) is -10.3. The Labute approximate surface area is 241 Å². The summed E-state index contributed by atoms with van der Waals surface area (Å²) in [7, 11) is 0. The van der Waals surface area contributed by atoms with Crippen LogP contribution in [0.4, 0.5) is 36.4 Å². The van der Waals surface area contributed by atoms with Crippen LogP contribution in [0.3, 0.4) is 0 Å². The number of hydrogen-bond donors (Lipinski definition) is 2. The Hall–Kier alpha value is -4.51. The molecule has 224 valence electrons. The summed E-state index contributed by atoms with van der Waals surface area (Å²) in [6, 6.07) is 15.1. The molecular formula is C32H24F7NO3. The van der Waals surface area contributed by atoms with E-state index in [1.165, 1.54) is 44.2 Å². The summed E-state index contributed by atoms with van der Waals surface area (Å²) in [5, 5.41) is 13.6. The highest BCUT2D eigenvalue weighted by Crippen LogP contribution is 2.45. The lowest BCUT2D eigenvalue weighted by Crippen LogP contribution is -2.43. The van der Waals surface area contributed by atoms with Crippen molar-refractivity contribution in [1.82, 2.24) is 0 Å². The average Bonchev–Trinajstić information content (AvgIpc) is 2.93. The van der Waals surface area contributed by atoms with Crippen molar-refractivity contribution in [3.05, 3.63) is 135 Å². The Morgan fingerprint density at radius 3 is 1.81 bits per heavy atom. The fraction of sp³-hybridized carbons (Fsp3) is 0.188. The minimum absolute atomic E-state index is 0.194. The average molecular weight is 604 g/mol. The molecule has 43 heavy (non-hydrogen) atoms. The second kappa shape index (κ2) is 11.6. The zero-order valence-corrected chi connectivity index (χ0v) is 22.7. The smallest absolute Gasteiger partial charge is 0.372 e. The summed E-state index contributed by atoms with van der Waals surface area (Å²) < 4.78 is 94.9. The molecule has 1 atom stereocenters. The highest BCUT2D eigenvalue weighted by atomic mass is 19.4. The molecule has 0 spiro atoms. The Morgan fingerprint density at radius 2 is 1.28 bits per heavy atom. The molecule has 0 aliphatic rings. The van der Waals surface area contributed by atoms with E-state index in [1.807, 2.05) is 0 Å². The third kappa shape index (κ3) is 6.61. The van der Waals surface area contributed by atoms with E-state index < -0.39 is 52.2 Å². The molecule has 0 aliphatic heterocycles. The number of carbonyl (C=O) groups excluding carboxylic acids is 2. The number of alkyl halides is 6. The molecule has 0 saturated heterocycles. The van der Waals surface area contributed by atoms with E-state index in [1.54, 1.807) is 6.07 Å². The first-order chi connectivity index (χ1) is 20.0. The minimum atomic E-state index is -5.29. The van der Waals surface area contributed by atoms with Crippen molar-refractivity contribution in [2.75, 3.05) is 5.32 Å².